The van der Waals surface area contributed by atoms with Crippen LogP contribution in [0.3, 0.4) is 0 Å². The van der Waals surface area contributed by atoms with Gasteiger partial charge in [-0.15, -0.1) is 0 Å². The van der Waals surface area contributed by atoms with Gasteiger partial charge in [0.15, 0.2) is 0 Å². The van der Waals surface area contributed by atoms with Gasteiger partial charge in [-0.1, -0.05) is 0 Å². The first-order valence-electron chi connectivity index (χ1n) is 5.89. The molecule has 0 spiro atoms. The number of rotatable bonds is 2. The van der Waals surface area contributed by atoms with E-state index in [4.69, 9.17) is 0 Å². The van der Waals surface area contributed by atoms with Gasteiger partial charge in [-0.25, -0.2) is 14.6 Å². The van der Waals surface area contributed by atoms with E-state index in [9.17, 15) is 4.79 Å². The molecule has 2 aromatic heterocycles. The van der Waals surface area contributed by atoms with Crippen molar-refractivity contribution < 1.29 is 0 Å². The third-order valence-electron chi connectivity index (χ3n) is 2.93. The van der Waals surface area contributed by atoms with Crippen LogP contribution in [0, 0.1) is 0 Å². The molecule has 0 saturated heterocycles. The Balaban J connectivity index is 1.95. The van der Waals surface area contributed by atoms with E-state index in [1.165, 1.54) is 4.68 Å². The molecule has 0 bridgehead atoms. The highest BCUT2D eigenvalue weighted by Crippen LogP contribution is 2.07. The first kappa shape index (κ1) is 11.0. The maximum absolute atomic E-state index is 11.9. The summed E-state index contributed by atoms with van der Waals surface area (Å²) in [5, 5.41) is 7.62. The molecule has 3 rings (SSSR count). The molecule has 0 unspecified atom stereocenters. The van der Waals surface area contributed by atoms with Gasteiger partial charge < -0.3 is 5.32 Å². The summed E-state index contributed by atoms with van der Waals surface area (Å²) in [6, 6.07) is 3.40. The molecule has 0 fully saturated rings. The van der Waals surface area contributed by atoms with Crippen LogP contribution in [-0.4, -0.2) is 26.3 Å². The Morgan fingerprint density at radius 3 is 3.00 bits per heavy atom. The summed E-state index contributed by atoms with van der Waals surface area (Å²) in [6.45, 7) is 1.95. The van der Waals surface area contributed by atoms with Crippen LogP contribution in [-0.2, 0) is 19.5 Å². The molecule has 6 nitrogen and oxygen atoms in total. The molecule has 18 heavy (non-hydrogen) atoms. The van der Waals surface area contributed by atoms with Gasteiger partial charge in [0.2, 0.25) is 0 Å². The number of fused-ring (bicyclic) bond motifs is 1. The van der Waals surface area contributed by atoms with Crippen LogP contribution in [0.2, 0.25) is 0 Å². The normalized spacial score (nSPS) is 14.2. The maximum atomic E-state index is 11.9. The Kier molecular flexibility index (Phi) is 2.85. The van der Waals surface area contributed by atoms with Crippen molar-refractivity contribution in [1.29, 1.82) is 0 Å². The third-order valence-corrected chi connectivity index (χ3v) is 2.93. The van der Waals surface area contributed by atoms with Gasteiger partial charge >= 0.3 is 0 Å². The monoisotopic (exact) mass is 243 g/mol. The standard InChI is InChI=1S/C12H13N5O/c18-12-6-9-7-13-5-2-10(9)16-17(12)8-11-14-3-1-4-15-11/h1,3-4,6,13H,2,5,7-8H2. The smallest absolute Gasteiger partial charge is 0.267 e. The van der Waals surface area contributed by atoms with Crippen LogP contribution in [0.15, 0.2) is 29.3 Å². The average Bonchev–Trinajstić information content (AvgIpc) is 2.41. The highest BCUT2D eigenvalue weighted by Gasteiger charge is 2.13. The van der Waals surface area contributed by atoms with E-state index < -0.39 is 0 Å². The van der Waals surface area contributed by atoms with E-state index in [-0.39, 0.29) is 5.56 Å². The lowest BCUT2D eigenvalue weighted by atomic mass is 10.1. The number of nitrogens with one attached hydrogen (secondary N) is 1. The summed E-state index contributed by atoms with van der Waals surface area (Å²) in [5.41, 5.74) is 1.88. The van der Waals surface area contributed by atoms with Crippen molar-refractivity contribution in [3.63, 3.8) is 0 Å². The fraction of sp³-hybridized carbons (Fsp3) is 0.333. The number of aromatic nitrogens is 4. The largest absolute Gasteiger partial charge is 0.312 e. The lowest BCUT2D eigenvalue weighted by Crippen LogP contribution is -2.32. The number of hydrogen-bond acceptors (Lipinski definition) is 5. The van der Waals surface area contributed by atoms with E-state index >= 15 is 0 Å². The SMILES string of the molecule is O=c1cc2c(nn1Cc1ncccn1)CCNC2. The van der Waals surface area contributed by atoms with Gasteiger partial charge in [0.05, 0.1) is 5.69 Å². The van der Waals surface area contributed by atoms with E-state index in [0.29, 0.717) is 12.4 Å². The molecular weight excluding hydrogens is 230 g/mol. The summed E-state index contributed by atoms with van der Waals surface area (Å²) >= 11 is 0. The third kappa shape index (κ3) is 2.14. The average molecular weight is 243 g/mol. The van der Waals surface area contributed by atoms with E-state index in [1.54, 1.807) is 24.5 Å². The Morgan fingerprint density at radius 2 is 2.17 bits per heavy atom. The first-order chi connectivity index (χ1) is 8.83. The molecule has 0 amide bonds. The van der Waals surface area contributed by atoms with Gasteiger partial charge in [0.25, 0.3) is 5.56 Å². The fourth-order valence-corrected chi connectivity index (χ4v) is 2.02. The predicted molar refractivity (Wildman–Crippen MR) is 65.0 cm³/mol. The van der Waals surface area contributed by atoms with Crippen molar-refractivity contribution in [1.82, 2.24) is 25.1 Å². The molecule has 0 aliphatic carbocycles. The molecule has 2 aromatic rings. The lowest BCUT2D eigenvalue weighted by Gasteiger charge is -2.16. The van der Waals surface area contributed by atoms with E-state index in [2.05, 4.69) is 20.4 Å². The van der Waals surface area contributed by atoms with Gasteiger partial charge in [0.1, 0.15) is 12.4 Å². The molecule has 1 aliphatic heterocycles. The zero-order valence-corrected chi connectivity index (χ0v) is 9.83. The number of nitrogens with zero attached hydrogens (tertiary/aromatic N) is 4. The summed E-state index contributed by atoms with van der Waals surface area (Å²) in [6.07, 6.45) is 4.18. The van der Waals surface area contributed by atoms with Crippen molar-refractivity contribution in [2.24, 2.45) is 0 Å². The van der Waals surface area contributed by atoms with Crippen molar-refractivity contribution in [2.75, 3.05) is 6.54 Å². The Bertz CT molecular complexity index is 608. The van der Waals surface area contributed by atoms with Crippen molar-refractivity contribution in [3.8, 4) is 0 Å². The molecular formula is C12H13N5O. The molecule has 0 aromatic carbocycles. The van der Waals surface area contributed by atoms with E-state index in [1.807, 2.05) is 0 Å². The summed E-state index contributed by atoms with van der Waals surface area (Å²) in [4.78, 5) is 20.1. The van der Waals surface area contributed by atoms with Gasteiger partial charge in [-0.3, -0.25) is 4.79 Å². The topological polar surface area (TPSA) is 72.7 Å². The van der Waals surface area contributed by atoms with Crippen LogP contribution in [0.1, 0.15) is 17.1 Å². The Labute approximate surface area is 104 Å². The molecule has 92 valence electrons. The molecule has 0 saturated carbocycles. The first-order valence-corrected chi connectivity index (χ1v) is 5.89. The molecule has 0 radical (unpaired) electrons. The molecule has 1 N–H and O–H groups in total. The Morgan fingerprint density at radius 1 is 1.33 bits per heavy atom. The van der Waals surface area contributed by atoms with Crippen LogP contribution in [0.5, 0.6) is 0 Å². The maximum Gasteiger partial charge on any atom is 0.267 e. The van der Waals surface area contributed by atoms with Crippen LogP contribution in [0.4, 0.5) is 0 Å². The van der Waals surface area contributed by atoms with Gasteiger partial charge in [-0.2, -0.15) is 5.10 Å². The second-order valence-corrected chi connectivity index (χ2v) is 4.20. The van der Waals surface area contributed by atoms with Crippen molar-refractivity contribution in [3.05, 3.63) is 52.0 Å². The fourth-order valence-electron chi connectivity index (χ4n) is 2.02. The zero-order valence-electron chi connectivity index (χ0n) is 9.83. The van der Waals surface area contributed by atoms with E-state index in [0.717, 1.165) is 30.8 Å². The zero-order chi connectivity index (χ0) is 12.4. The van der Waals surface area contributed by atoms with Gasteiger partial charge in [0, 0.05) is 38.0 Å². The summed E-state index contributed by atoms with van der Waals surface area (Å²) in [5.74, 6) is 0.598. The summed E-state index contributed by atoms with van der Waals surface area (Å²) in [7, 11) is 0. The van der Waals surface area contributed by atoms with Crippen molar-refractivity contribution in [2.45, 2.75) is 19.5 Å². The van der Waals surface area contributed by atoms with Crippen LogP contribution in [0.25, 0.3) is 0 Å². The Hall–Kier alpha value is -2.08. The highest BCUT2D eigenvalue weighted by atomic mass is 16.1. The number of hydrogen-bond donors (Lipinski definition) is 1. The van der Waals surface area contributed by atoms with Crippen LogP contribution >= 0.6 is 0 Å². The minimum atomic E-state index is -0.107. The minimum absolute atomic E-state index is 0.107. The summed E-state index contributed by atoms with van der Waals surface area (Å²) < 4.78 is 1.43. The highest BCUT2D eigenvalue weighted by molar-refractivity contribution is 5.20. The molecule has 3 heterocycles. The second-order valence-electron chi connectivity index (χ2n) is 4.20. The van der Waals surface area contributed by atoms with Gasteiger partial charge in [-0.05, 0) is 11.6 Å². The molecule has 0 atom stereocenters. The lowest BCUT2D eigenvalue weighted by molar-refractivity contribution is 0.553. The second kappa shape index (κ2) is 4.66. The minimum Gasteiger partial charge on any atom is -0.312 e. The molecule has 1 aliphatic rings. The predicted octanol–water partition coefficient (Wildman–Crippen LogP) is -0.273. The quantitative estimate of drug-likeness (QED) is 0.786. The molecule has 6 heteroatoms. The van der Waals surface area contributed by atoms with Crippen LogP contribution < -0.4 is 10.9 Å². The van der Waals surface area contributed by atoms with Crippen molar-refractivity contribution >= 4 is 0 Å².